The first-order chi connectivity index (χ1) is 7.07. The highest BCUT2D eigenvalue weighted by Crippen LogP contribution is 2.26. The maximum atomic E-state index is 9.91. The van der Waals surface area contributed by atoms with Gasteiger partial charge in [-0.3, -0.25) is 0 Å². The molecule has 3 unspecified atom stereocenters. The van der Waals surface area contributed by atoms with Crippen molar-refractivity contribution in [3.8, 4) is 0 Å². The van der Waals surface area contributed by atoms with Crippen molar-refractivity contribution in [2.75, 3.05) is 6.54 Å². The van der Waals surface area contributed by atoms with Gasteiger partial charge in [-0.25, -0.2) is 0 Å². The van der Waals surface area contributed by atoms with Crippen molar-refractivity contribution in [2.45, 2.75) is 70.9 Å². The average Bonchev–Trinajstić information content (AvgIpc) is 2.27. The number of hydrogen-bond donors (Lipinski definition) is 2. The molecule has 1 fully saturated rings. The van der Waals surface area contributed by atoms with Crippen LogP contribution in [0, 0.1) is 5.92 Å². The Kier molecular flexibility index (Phi) is 5.07. The van der Waals surface area contributed by atoms with E-state index in [1.807, 2.05) is 13.8 Å². The third-order valence-corrected chi connectivity index (χ3v) is 3.89. The highest BCUT2D eigenvalue weighted by atomic mass is 16.3. The van der Waals surface area contributed by atoms with Crippen molar-refractivity contribution < 1.29 is 5.11 Å². The SMILES string of the molecule is CCC1CCCC(NCC(C)(O)CC)C1. The Labute approximate surface area is 94.5 Å². The molecule has 0 heterocycles. The molecule has 0 aliphatic heterocycles. The van der Waals surface area contributed by atoms with Gasteiger partial charge in [0.1, 0.15) is 0 Å². The predicted molar refractivity (Wildman–Crippen MR) is 65.0 cm³/mol. The molecule has 1 aliphatic rings. The van der Waals surface area contributed by atoms with Crippen LogP contribution in [0.4, 0.5) is 0 Å². The summed E-state index contributed by atoms with van der Waals surface area (Å²) in [6.07, 6.45) is 7.47. The minimum absolute atomic E-state index is 0.529. The van der Waals surface area contributed by atoms with E-state index in [2.05, 4.69) is 12.2 Å². The van der Waals surface area contributed by atoms with Gasteiger partial charge in [0.15, 0.2) is 0 Å². The minimum Gasteiger partial charge on any atom is -0.389 e. The number of rotatable bonds is 5. The van der Waals surface area contributed by atoms with Crippen LogP contribution >= 0.6 is 0 Å². The largest absolute Gasteiger partial charge is 0.389 e. The van der Waals surface area contributed by atoms with Gasteiger partial charge in [0, 0.05) is 12.6 Å². The van der Waals surface area contributed by atoms with Crippen molar-refractivity contribution >= 4 is 0 Å². The molecule has 0 aromatic rings. The third kappa shape index (κ3) is 4.52. The molecule has 90 valence electrons. The smallest absolute Gasteiger partial charge is 0.0741 e. The van der Waals surface area contributed by atoms with Gasteiger partial charge in [0.2, 0.25) is 0 Å². The standard InChI is InChI=1S/C13H27NO/c1-4-11-7-6-8-12(9-11)14-10-13(3,15)5-2/h11-12,14-15H,4-10H2,1-3H3. The van der Waals surface area contributed by atoms with E-state index in [4.69, 9.17) is 0 Å². The fraction of sp³-hybridized carbons (Fsp3) is 1.00. The first kappa shape index (κ1) is 13.0. The predicted octanol–water partition coefficient (Wildman–Crippen LogP) is 2.71. The van der Waals surface area contributed by atoms with E-state index in [9.17, 15) is 5.11 Å². The van der Waals surface area contributed by atoms with Gasteiger partial charge in [-0.1, -0.05) is 33.1 Å². The molecule has 0 bridgehead atoms. The summed E-state index contributed by atoms with van der Waals surface area (Å²) in [5.41, 5.74) is -0.529. The molecule has 0 aromatic carbocycles. The Morgan fingerprint density at radius 1 is 1.33 bits per heavy atom. The molecule has 1 aliphatic carbocycles. The quantitative estimate of drug-likeness (QED) is 0.736. The van der Waals surface area contributed by atoms with Crippen molar-refractivity contribution in [3.63, 3.8) is 0 Å². The van der Waals surface area contributed by atoms with Crippen LogP contribution in [-0.4, -0.2) is 23.3 Å². The van der Waals surface area contributed by atoms with Crippen LogP contribution < -0.4 is 5.32 Å². The molecule has 0 radical (unpaired) electrons. The first-order valence-electron chi connectivity index (χ1n) is 6.53. The van der Waals surface area contributed by atoms with E-state index in [1.54, 1.807) is 0 Å². The minimum atomic E-state index is -0.529. The monoisotopic (exact) mass is 213 g/mol. The van der Waals surface area contributed by atoms with E-state index in [-0.39, 0.29) is 0 Å². The molecule has 2 nitrogen and oxygen atoms in total. The Hall–Kier alpha value is -0.0800. The maximum Gasteiger partial charge on any atom is 0.0741 e. The Morgan fingerprint density at radius 2 is 2.07 bits per heavy atom. The van der Waals surface area contributed by atoms with Crippen molar-refractivity contribution in [1.82, 2.24) is 5.32 Å². The molecule has 3 atom stereocenters. The summed E-state index contributed by atoms with van der Waals surface area (Å²) in [5.74, 6) is 0.905. The normalized spacial score (nSPS) is 31.2. The van der Waals surface area contributed by atoms with Gasteiger partial charge < -0.3 is 10.4 Å². The summed E-state index contributed by atoms with van der Waals surface area (Å²) >= 11 is 0. The Balaban J connectivity index is 2.26. The van der Waals surface area contributed by atoms with Gasteiger partial charge in [-0.05, 0) is 32.1 Å². The summed E-state index contributed by atoms with van der Waals surface area (Å²) in [6.45, 7) is 6.98. The van der Waals surface area contributed by atoms with Crippen LogP contribution in [0.25, 0.3) is 0 Å². The lowest BCUT2D eigenvalue weighted by molar-refractivity contribution is 0.0501. The lowest BCUT2D eigenvalue weighted by Gasteiger charge is -2.32. The second-order valence-electron chi connectivity index (χ2n) is 5.37. The lowest BCUT2D eigenvalue weighted by atomic mass is 9.84. The fourth-order valence-corrected chi connectivity index (χ4v) is 2.34. The van der Waals surface area contributed by atoms with E-state index < -0.39 is 5.60 Å². The molecule has 1 saturated carbocycles. The van der Waals surface area contributed by atoms with Crippen LogP contribution in [0.15, 0.2) is 0 Å². The highest BCUT2D eigenvalue weighted by Gasteiger charge is 2.23. The summed E-state index contributed by atoms with van der Waals surface area (Å²) in [7, 11) is 0. The highest BCUT2D eigenvalue weighted by molar-refractivity contribution is 4.81. The van der Waals surface area contributed by atoms with Crippen LogP contribution in [0.3, 0.4) is 0 Å². The molecule has 0 spiro atoms. The Bertz CT molecular complexity index is 179. The molecule has 2 N–H and O–H groups in total. The van der Waals surface area contributed by atoms with Crippen LogP contribution in [0.2, 0.25) is 0 Å². The molecule has 2 heteroatoms. The molecule has 1 rings (SSSR count). The van der Waals surface area contributed by atoms with Crippen LogP contribution in [-0.2, 0) is 0 Å². The first-order valence-corrected chi connectivity index (χ1v) is 6.53. The zero-order valence-electron chi connectivity index (χ0n) is 10.6. The summed E-state index contributed by atoms with van der Waals surface area (Å²) < 4.78 is 0. The number of hydrogen-bond acceptors (Lipinski definition) is 2. The second-order valence-corrected chi connectivity index (χ2v) is 5.37. The van der Waals surface area contributed by atoms with E-state index in [0.29, 0.717) is 6.04 Å². The summed E-state index contributed by atoms with van der Waals surface area (Å²) in [6, 6.07) is 0.640. The summed E-state index contributed by atoms with van der Waals surface area (Å²) in [4.78, 5) is 0. The lowest BCUT2D eigenvalue weighted by Crippen LogP contribution is -2.43. The molecule has 0 aromatic heterocycles. The van der Waals surface area contributed by atoms with Gasteiger partial charge in [0.05, 0.1) is 5.60 Å². The van der Waals surface area contributed by atoms with Gasteiger partial charge in [-0.15, -0.1) is 0 Å². The molecular weight excluding hydrogens is 186 g/mol. The Morgan fingerprint density at radius 3 is 2.67 bits per heavy atom. The van der Waals surface area contributed by atoms with Crippen LogP contribution in [0.1, 0.15) is 59.3 Å². The van der Waals surface area contributed by atoms with Crippen molar-refractivity contribution in [2.24, 2.45) is 5.92 Å². The number of aliphatic hydroxyl groups is 1. The second kappa shape index (κ2) is 5.86. The van der Waals surface area contributed by atoms with Gasteiger partial charge in [-0.2, -0.15) is 0 Å². The molecular formula is C13H27NO. The summed E-state index contributed by atoms with van der Waals surface area (Å²) in [5, 5.41) is 13.4. The van der Waals surface area contributed by atoms with Crippen molar-refractivity contribution in [1.29, 1.82) is 0 Å². The zero-order chi connectivity index (χ0) is 11.3. The molecule has 15 heavy (non-hydrogen) atoms. The van der Waals surface area contributed by atoms with E-state index in [1.165, 1.54) is 32.1 Å². The molecule has 0 saturated heterocycles. The van der Waals surface area contributed by atoms with E-state index >= 15 is 0 Å². The van der Waals surface area contributed by atoms with Gasteiger partial charge in [0.25, 0.3) is 0 Å². The van der Waals surface area contributed by atoms with Crippen molar-refractivity contribution in [3.05, 3.63) is 0 Å². The molecule has 0 amide bonds. The number of nitrogens with one attached hydrogen (secondary N) is 1. The van der Waals surface area contributed by atoms with Gasteiger partial charge >= 0.3 is 0 Å². The zero-order valence-corrected chi connectivity index (χ0v) is 10.6. The van der Waals surface area contributed by atoms with Crippen LogP contribution in [0.5, 0.6) is 0 Å². The third-order valence-electron chi connectivity index (χ3n) is 3.89. The van der Waals surface area contributed by atoms with E-state index in [0.717, 1.165) is 18.9 Å². The maximum absolute atomic E-state index is 9.91. The topological polar surface area (TPSA) is 32.3 Å². The average molecular weight is 213 g/mol. The fourth-order valence-electron chi connectivity index (χ4n) is 2.34.